The second-order valence-electron chi connectivity index (χ2n) is 5.37. The molecule has 4 nitrogen and oxygen atoms in total. The van der Waals surface area contributed by atoms with Crippen LogP contribution in [0.15, 0.2) is 0 Å². The Morgan fingerprint density at radius 2 is 1.37 bits per heavy atom. The summed E-state index contributed by atoms with van der Waals surface area (Å²) in [6, 6.07) is 0. The van der Waals surface area contributed by atoms with Gasteiger partial charge in [-0.2, -0.15) is 0 Å². The largest absolute Gasteiger partial charge is 0.379 e. The van der Waals surface area contributed by atoms with Gasteiger partial charge in [0.2, 0.25) is 5.92 Å². The van der Waals surface area contributed by atoms with Crippen LogP contribution < -0.4 is 0 Å². The van der Waals surface area contributed by atoms with Gasteiger partial charge in [0.05, 0.1) is 26.4 Å². The summed E-state index contributed by atoms with van der Waals surface area (Å²) in [5.74, 6) is -1.30. The van der Waals surface area contributed by atoms with E-state index in [1.807, 2.05) is 9.80 Å². The molecule has 112 valence electrons. The Bertz CT molecular complexity index is 236. The van der Waals surface area contributed by atoms with Gasteiger partial charge in [0, 0.05) is 32.6 Å². The zero-order valence-electron chi connectivity index (χ0n) is 12.1. The predicted molar refractivity (Wildman–Crippen MR) is 72.8 cm³/mol. The second-order valence-corrected chi connectivity index (χ2v) is 5.37. The van der Waals surface area contributed by atoms with Crippen molar-refractivity contribution in [1.82, 2.24) is 9.80 Å². The summed E-state index contributed by atoms with van der Waals surface area (Å²) >= 11 is 0. The highest BCUT2D eigenvalue weighted by atomic mass is 19.2. The first kappa shape index (κ1) is 15.2. The van der Waals surface area contributed by atoms with Gasteiger partial charge in [-0.15, -0.1) is 0 Å². The summed E-state index contributed by atoms with van der Waals surface area (Å²) in [7, 11) is 0. The van der Waals surface area contributed by atoms with Crippen molar-refractivity contribution in [2.45, 2.75) is 38.5 Å². The highest BCUT2D eigenvalue weighted by molar-refractivity contribution is 4.84. The molecule has 0 spiro atoms. The number of hydrogen-bond donors (Lipinski definition) is 0. The first-order valence-corrected chi connectivity index (χ1v) is 7.62. The smallest absolute Gasteiger partial charge is 0.220 e. The molecular weight excluding hydrogens is 247 g/mol. The minimum Gasteiger partial charge on any atom is -0.379 e. The van der Waals surface area contributed by atoms with E-state index >= 15 is 4.39 Å². The highest BCUT2D eigenvalue weighted by Crippen LogP contribution is 2.30. The molecule has 0 aromatic rings. The molecule has 2 rings (SSSR count). The molecule has 2 aliphatic rings. The van der Waals surface area contributed by atoms with Gasteiger partial charge in [0.1, 0.15) is 0 Å². The molecule has 0 atom stereocenters. The maximum absolute atomic E-state index is 15.6. The lowest BCUT2D eigenvalue weighted by atomic mass is 10.1. The van der Waals surface area contributed by atoms with Gasteiger partial charge in [0.25, 0.3) is 0 Å². The third-order valence-corrected chi connectivity index (χ3v) is 4.09. The van der Waals surface area contributed by atoms with Crippen LogP contribution in [0.5, 0.6) is 0 Å². The molecule has 2 saturated heterocycles. The Morgan fingerprint density at radius 1 is 0.895 bits per heavy atom. The monoisotopic (exact) mass is 274 g/mol. The molecule has 2 heterocycles. The summed E-state index contributed by atoms with van der Waals surface area (Å²) in [5.41, 5.74) is 0. The molecule has 0 aromatic carbocycles. The van der Waals surface area contributed by atoms with Crippen molar-refractivity contribution >= 4 is 0 Å². The molecule has 0 aromatic heterocycles. The number of ether oxygens (including phenoxy) is 2. The van der Waals surface area contributed by atoms with Gasteiger partial charge in [-0.05, 0) is 6.42 Å². The normalized spacial score (nSPS) is 23.7. The fourth-order valence-corrected chi connectivity index (χ4v) is 2.93. The van der Waals surface area contributed by atoms with Gasteiger partial charge in [0.15, 0.2) is 0 Å². The Kier molecular flexibility index (Phi) is 6.01. The molecular formula is C14H27FN2O2. The number of halogens is 1. The van der Waals surface area contributed by atoms with E-state index in [-0.39, 0.29) is 0 Å². The highest BCUT2D eigenvalue weighted by Gasteiger charge is 2.43. The average Bonchev–Trinajstić information content (AvgIpc) is 2.49. The van der Waals surface area contributed by atoms with Crippen LogP contribution in [0.25, 0.3) is 0 Å². The topological polar surface area (TPSA) is 24.9 Å². The van der Waals surface area contributed by atoms with E-state index in [4.69, 9.17) is 9.47 Å². The van der Waals surface area contributed by atoms with E-state index in [1.54, 1.807) is 0 Å². The average molecular weight is 274 g/mol. The van der Waals surface area contributed by atoms with Crippen LogP contribution in [0.1, 0.15) is 32.6 Å². The number of nitrogens with zero attached hydrogens (tertiary/aromatic N) is 2. The first-order valence-electron chi connectivity index (χ1n) is 7.62. The fourth-order valence-electron chi connectivity index (χ4n) is 2.93. The van der Waals surface area contributed by atoms with Crippen molar-refractivity contribution in [2.24, 2.45) is 0 Å². The predicted octanol–water partition coefficient (Wildman–Crippen LogP) is 1.85. The number of morpholine rings is 2. The van der Waals surface area contributed by atoms with E-state index < -0.39 is 5.92 Å². The zero-order chi connectivity index (χ0) is 13.6. The van der Waals surface area contributed by atoms with Crippen molar-refractivity contribution in [2.75, 3.05) is 52.6 Å². The lowest BCUT2D eigenvalue weighted by Crippen LogP contribution is -2.62. The number of unbranched alkanes of at least 4 members (excludes halogenated alkanes) is 2. The maximum atomic E-state index is 15.6. The Morgan fingerprint density at radius 3 is 1.79 bits per heavy atom. The number of hydrogen-bond acceptors (Lipinski definition) is 4. The van der Waals surface area contributed by atoms with Crippen LogP contribution in [-0.4, -0.2) is 68.3 Å². The van der Waals surface area contributed by atoms with Crippen LogP contribution in [0, 0.1) is 0 Å². The third kappa shape index (κ3) is 3.88. The maximum Gasteiger partial charge on any atom is 0.220 e. The molecule has 0 amide bonds. The summed E-state index contributed by atoms with van der Waals surface area (Å²) < 4.78 is 26.3. The van der Waals surface area contributed by atoms with Crippen molar-refractivity contribution in [1.29, 1.82) is 0 Å². The summed E-state index contributed by atoms with van der Waals surface area (Å²) in [6.45, 7) is 7.50. The SMILES string of the molecule is CCCCCC(F)(N1CCOCC1)N1CCOCC1. The number of rotatable bonds is 6. The summed E-state index contributed by atoms with van der Waals surface area (Å²) in [5, 5.41) is 0. The molecule has 0 bridgehead atoms. The fraction of sp³-hybridized carbons (Fsp3) is 1.00. The molecule has 19 heavy (non-hydrogen) atoms. The minimum absolute atomic E-state index is 0.598. The van der Waals surface area contributed by atoms with E-state index in [0.717, 1.165) is 19.3 Å². The Hall–Kier alpha value is -0.230. The van der Waals surface area contributed by atoms with Crippen molar-refractivity contribution < 1.29 is 13.9 Å². The molecule has 0 radical (unpaired) electrons. The van der Waals surface area contributed by atoms with Crippen molar-refractivity contribution in [3.05, 3.63) is 0 Å². The van der Waals surface area contributed by atoms with E-state index in [9.17, 15) is 0 Å². The van der Waals surface area contributed by atoms with Crippen molar-refractivity contribution in [3.8, 4) is 0 Å². The molecule has 0 N–H and O–H groups in total. The quantitative estimate of drug-likeness (QED) is 0.545. The molecule has 2 fully saturated rings. The summed E-state index contributed by atoms with van der Waals surface area (Å²) in [6.07, 6.45) is 3.77. The van der Waals surface area contributed by atoms with E-state index in [0.29, 0.717) is 59.0 Å². The van der Waals surface area contributed by atoms with E-state index in [1.165, 1.54) is 0 Å². The van der Waals surface area contributed by atoms with Gasteiger partial charge >= 0.3 is 0 Å². The van der Waals surface area contributed by atoms with E-state index in [2.05, 4.69) is 6.92 Å². The third-order valence-electron chi connectivity index (χ3n) is 4.09. The van der Waals surface area contributed by atoms with Crippen LogP contribution in [0.3, 0.4) is 0 Å². The standard InChI is InChI=1S/C14H27FN2O2/c1-2-3-4-5-14(15,16-6-10-18-11-7-16)17-8-12-19-13-9-17/h2-13H2,1H3. The van der Waals surface area contributed by atoms with Crippen LogP contribution in [0.4, 0.5) is 4.39 Å². The van der Waals surface area contributed by atoms with Gasteiger partial charge < -0.3 is 9.47 Å². The lowest BCUT2D eigenvalue weighted by Gasteiger charge is -2.47. The molecule has 0 aliphatic carbocycles. The molecule has 2 aliphatic heterocycles. The first-order chi connectivity index (χ1) is 9.27. The molecule has 0 unspecified atom stereocenters. The number of alkyl halides is 1. The minimum atomic E-state index is -1.30. The zero-order valence-corrected chi connectivity index (χ0v) is 12.1. The summed E-state index contributed by atoms with van der Waals surface area (Å²) in [4.78, 5) is 3.94. The second kappa shape index (κ2) is 7.53. The van der Waals surface area contributed by atoms with Crippen LogP contribution in [0.2, 0.25) is 0 Å². The van der Waals surface area contributed by atoms with Gasteiger partial charge in [-0.1, -0.05) is 19.8 Å². The Balaban J connectivity index is 2.00. The van der Waals surface area contributed by atoms with Gasteiger partial charge in [-0.25, -0.2) is 4.39 Å². The molecule has 0 saturated carbocycles. The van der Waals surface area contributed by atoms with Crippen LogP contribution in [-0.2, 0) is 9.47 Å². The van der Waals surface area contributed by atoms with Gasteiger partial charge in [-0.3, -0.25) is 9.80 Å². The van der Waals surface area contributed by atoms with Crippen LogP contribution >= 0.6 is 0 Å². The molecule has 5 heteroatoms. The van der Waals surface area contributed by atoms with Crippen molar-refractivity contribution in [3.63, 3.8) is 0 Å². The Labute approximate surface area is 115 Å². The lowest BCUT2D eigenvalue weighted by molar-refractivity contribution is -0.204.